The van der Waals surface area contributed by atoms with Crippen LogP contribution in [0, 0.1) is 6.92 Å². The summed E-state index contributed by atoms with van der Waals surface area (Å²) in [5.74, 6) is -3.95. The monoisotopic (exact) mass is 464 g/mol. The number of carboxylic acid groups (broad SMARTS) is 2. The molecular weight excluding hydrogens is 444 g/mol. The third-order valence-corrected chi connectivity index (χ3v) is 5.91. The van der Waals surface area contributed by atoms with Gasteiger partial charge in [0.1, 0.15) is 17.6 Å². The van der Waals surface area contributed by atoms with Crippen molar-refractivity contribution in [3.63, 3.8) is 0 Å². The fourth-order valence-electron chi connectivity index (χ4n) is 2.74. The van der Waals surface area contributed by atoms with Crippen LogP contribution in [0.5, 0.6) is 5.75 Å². The van der Waals surface area contributed by atoms with Gasteiger partial charge in [-0.2, -0.15) is 0 Å². The number of rotatable bonds is 10. The van der Waals surface area contributed by atoms with Crippen LogP contribution in [0.1, 0.15) is 38.3 Å². The molecule has 32 heavy (non-hydrogen) atoms. The van der Waals surface area contributed by atoms with E-state index < -0.39 is 51.6 Å². The van der Waals surface area contributed by atoms with Gasteiger partial charge in [0.05, 0.1) is 17.4 Å². The third-order valence-electron chi connectivity index (χ3n) is 4.37. The number of carboxylic acids is 2. The first-order valence-electron chi connectivity index (χ1n) is 9.08. The molecule has 0 saturated heterocycles. The summed E-state index contributed by atoms with van der Waals surface area (Å²) in [6.45, 7) is 1.23. The zero-order valence-corrected chi connectivity index (χ0v) is 17.5. The molecule has 0 unspecified atom stereocenters. The van der Waals surface area contributed by atoms with Crippen LogP contribution in [-0.4, -0.2) is 53.9 Å². The van der Waals surface area contributed by atoms with Crippen LogP contribution in [0.4, 0.5) is 0 Å². The molecule has 0 aliphatic rings. The van der Waals surface area contributed by atoms with Crippen LogP contribution < -0.4 is 10.0 Å². The minimum Gasteiger partial charge on any atom is -0.507 e. The van der Waals surface area contributed by atoms with Crippen LogP contribution in [0.3, 0.4) is 0 Å². The summed E-state index contributed by atoms with van der Waals surface area (Å²) in [7, 11) is -4.12. The fraction of sp³-hybridized carbons (Fsp3) is 0.200. The second kappa shape index (κ2) is 10.0. The van der Waals surface area contributed by atoms with Gasteiger partial charge in [-0.1, -0.05) is 12.1 Å². The van der Waals surface area contributed by atoms with Crippen molar-refractivity contribution in [3.8, 4) is 5.75 Å². The summed E-state index contributed by atoms with van der Waals surface area (Å²) >= 11 is 0. The van der Waals surface area contributed by atoms with Crippen molar-refractivity contribution >= 4 is 34.2 Å². The number of amides is 1. The second-order valence-corrected chi connectivity index (χ2v) is 8.51. The first-order chi connectivity index (χ1) is 14.9. The Morgan fingerprint density at radius 1 is 1.09 bits per heavy atom. The van der Waals surface area contributed by atoms with Gasteiger partial charge in [-0.05, 0) is 42.3 Å². The highest BCUT2D eigenvalue weighted by Crippen LogP contribution is 2.25. The van der Waals surface area contributed by atoms with Crippen molar-refractivity contribution in [2.45, 2.75) is 30.8 Å². The van der Waals surface area contributed by atoms with Crippen molar-refractivity contribution in [1.82, 2.24) is 10.0 Å². The van der Waals surface area contributed by atoms with E-state index in [1.165, 1.54) is 31.2 Å². The number of nitrogens with one attached hydrogen (secondary N) is 2. The van der Waals surface area contributed by atoms with E-state index in [9.17, 15) is 32.7 Å². The number of benzene rings is 2. The molecule has 0 saturated carbocycles. The average molecular weight is 464 g/mol. The highest BCUT2D eigenvalue weighted by molar-refractivity contribution is 7.89. The Morgan fingerprint density at radius 2 is 1.72 bits per heavy atom. The largest absolute Gasteiger partial charge is 0.507 e. The van der Waals surface area contributed by atoms with Gasteiger partial charge in [-0.3, -0.25) is 9.59 Å². The first kappa shape index (κ1) is 24.5. The number of phenols is 1. The lowest BCUT2D eigenvalue weighted by Crippen LogP contribution is -2.37. The molecule has 0 aliphatic carbocycles. The van der Waals surface area contributed by atoms with E-state index in [1.807, 2.05) is 0 Å². The number of aliphatic carboxylic acids is 1. The van der Waals surface area contributed by atoms with Crippen molar-refractivity contribution < 1.29 is 42.9 Å². The molecule has 2 aromatic carbocycles. The van der Waals surface area contributed by atoms with Crippen LogP contribution in [0.2, 0.25) is 0 Å². The summed E-state index contributed by atoms with van der Waals surface area (Å²) in [6.07, 6.45) is -0.244. The van der Waals surface area contributed by atoms with Gasteiger partial charge in [0.2, 0.25) is 10.0 Å². The summed E-state index contributed by atoms with van der Waals surface area (Å²) in [5, 5.41) is 29.7. The van der Waals surface area contributed by atoms with Gasteiger partial charge in [-0.15, -0.1) is 0 Å². The molecule has 0 spiro atoms. The van der Waals surface area contributed by atoms with Gasteiger partial charge in [-0.25, -0.2) is 17.9 Å². The quantitative estimate of drug-likeness (QED) is 0.315. The number of carbonyl (C=O) groups excluding carboxylic acids is 2. The summed E-state index contributed by atoms with van der Waals surface area (Å²) < 4.78 is 27.5. The predicted molar refractivity (Wildman–Crippen MR) is 110 cm³/mol. The topological polar surface area (TPSA) is 187 Å². The van der Waals surface area contributed by atoms with Crippen LogP contribution in [-0.2, 0) is 26.2 Å². The molecule has 0 bridgehead atoms. The molecule has 170 valence electrons. The average Bonchev–Trinajstić information content (AvgIpc) is 2.71. The Morgan fingerprint density at radius 3 is 2.25 bits per heavy atom. The maximum absolute atomic E-state index is 12.6. The lowest BCUT2D eigenvalue weighted by atomic mass is 10.1. The zero-order valence-electron chi connectivity index (χ0n) is 16.7. The summed E-state index contributed by atoms with van der Waals surface area (Å²) in [4.78, 5) is 44.5. The zero-order chi connectivity index (χ0) is 24.1. The molecule has 0 aromatic heterocycles. The first-order valence-corrected chi connectivity index (χ1v) is 10.6. The van der Waals surface area contributed by atoms with E-state index >= 15 is 0 Å². The van der Waals surface area contributed by atoms with Gasteiger partial charge in [0.25, 0.3) is 5.91 Å². The smallest absolute Gasteiger partial charge is 0.339 e. The highest BCUT2D eigenvalue weighted by atomic mass is 32.2. The second-order valence-electron chi connectivity index (χ2n) is 6.78. The maximum Gasteiger partial charge on any atom is 0.339 e. The third kappa shape index (κ3) is 6.12. The van der Waals surface area contributed by atoms with E-state index in [-0.39, 0.29) is 22.6 Å². The molecule has 2 aromatic rings. The van der Waals surface area contributed by atoms with E-state index in [0.29, 0.717) is 11.8 Å². The van der Waals surface area contributed by atoms with Crippen LogP contribution in [0.15, 0.2) is 41.3 Å². The molecule has 0 heterocycles. The standard InChI is InChI=1S/C20H20N2O9S/c1-11-6-16(24)15(20(28)29)8-17(11)32(30,31)21-9-12-2-4-13(5-3-12)19(27)22-14(10-23)7-18(25)26/h2-6,8,10,14,21,24H,7,9H2,1H3,(H,22,27)(H,25,26)(H,28,29)/t14-/m0/s1. The number of sulfonamides is 1. The maximum atomic E-state index is 12.6. The molecule has 0 aliphatic heterocycles. The Kier molecular flexibility index (Phi) is 7.67. The van der Waals surface area contributed by atoms with Gasteiger partial charge >= 0.3 is 11.9 Å². The van der Waals surface area contributed by atoms with Crippen LogP contribution in [0.25, 0.3) is 0 Å². The van der Waals surface area contributed by atoms with Gasteiger partial charge < -0.3 is 25.4 Å². The van der Waals surface area contributed by atoms with Crippen LogP contribution >= 0.6 is 0 Å². The molecule has 11 nitrogen and oxygen atoms in total. The number of carbonyl (C=O) groups is 4. The number of aromatic hydroxyl groups is 1. The Hall–Kier alpha value is -3.77. The van der Waals surface area contributed by atoms with Gasteiger partial charge in [0, 0.05) is 12.1 Å². The van der Waals surface area contributed by atoms with E-state index in [4.69, 9.17) is 10.2 Å². The number of aldehydes is 1. The minimum atomic E-state index is -4.12. The molecule has 0 radical (unpaired) electrons. The lowest BCUT2D eigenvalue weighted by Gasteiger charge is -2.12. The Balaban J connectivity index is 2.11. The van der Waals surface area contributed by atoms with E-state index in [2.05, 4.69) is 10.0 Å². The van der Waals surface area contributed by atoms with Crippen molar-refractivity contribution in [3.05, 3.63) is 58.7 Å². The molecule has 2 rings (SSSR count). The molecule has 5 N–H and O–H groups in total. The molecule has 12 heteroatoms. The Bertz CT molecular complexity index is 1160. The molecule has 1 amide bonds. The normalized spacial score (nSPS) is 12.0. The van der Waals surface area contributed by atoms with Crippen molar-refractivity contribution in [2.75, 3.05) is 0 Å². The number of hydrogen-bond donors (Lipinski definition) is 5. The van der Waals surface area contributed by atoms with Crippen molar-refractivity contribution in [2.24, 2.45) is 0 Å². The summed E-state index contributed by atoms with van der Waals surface area (Å²) in [5.41, 5.74) is 0.202. The number of aryl methyl sites for hydroxylation is 1. The lowest BCUT2D eigenvalue weighted by molar-refractivity contribution is -0.138. The Labute approximate surface area is 182 Å². The number of hydrogen-bond acceptors (Lipinski definition) is 7. The summed E-state index contributed by atoms with van der Waals surface area (Å²) in [6, 6.07) is 6.38. The fourth-order valence-corrected chi connectivity index (χ4v) is 4.00. The number of aromatic carboxylic acids is 1. The molecule has 1 atom stereocenters. The minimum absolute atomic E-state index is 0.134. The molecular formula is C20H20N2O9S. The van der Waals surface area contributed by atoms with E-state index in [0.717, 1.165) is 12.1 Å². The van der Waals surface area contributed by atoms with Gasteiger partial charge in [0.15, 0.2) is 0 Å². The van der Waals surface area contributed by atoms with Crippen molar-refractivity contribution in [1.29, 1.82) is 0 Å². The highest BCUT2D eigenvalue weighted by Gasteiger charge is 2.22. The predicted octanol–water partition coefficient (Wildman–Crippen LogP) is 0.649. The molecule has 0 fully saturated rings. The van der Waals surface area contributed by atoms with E-state index in [1.54, 1.807) is 0 Å². The SMILES string of the molecule is Cc1cc(O)c(C(=O)O)cc1S(=O)(=O)NCc1ccc(C(=O)N[C@H](C=O)CC(=O)O)cc1.